The second-order valence-electron chi connectivity index (χ2n) is 3.45. The van der Waals surface area contributed by atoms with E-state index in [1.807, 2.05) is 13.8 Å². The number of carboxylic acid groups (broad SMARTS) is 1. The molecule has 0 bridgehead atoms. The highest BCUT2D eigenvalue weighted by Crippen LogP contribution is 2.08. The molecular weight excluding hydrogens is 158 g/mol. The van der Waals surface area contributed by atoms with Crippen molar-refractivity contribution in [2.75, 3.05) is 13.2 Å². The Kier molecular flexibility index (Phi) is 3.05. The third-order valence-corrected chi connectivity index (χ3v) is 2.10. The van der Waals surface area contributed by atoms with Crippen molar-refractivity contribution < 1.29 is 14.6 Å². The van der Waals surface area contributed by atoms with Gasteiger partial charge in [-0.2, -0.15) is 0 Å². The molecule has 2 N–H and O–H groups in total. The lowest BCUT2D eigenvalue weighted by Crippen LogP contribution is -2.54. The van der Waals surface area contributed by atoms with Crippen LogP contribution in [0.4, 0.5) is 0 Å². The predicted octanol–water partition coefficient (Wildman–Crippen LogP) is 0.0840. The van der Waals surface area contributed by atoms with Gasteiger partial charge in [0.05, 0.1) is 13.2 Å². The summed E-state index contributed by atoms with van der Waals surface area (Å²) in [5, 5.41) is 11.7. The summed E-state index contributed by atoms with van der Waals surface area (Å²) in [6.07, 6.45) is 0. The molecule has 0 radical (unpaired) electrons. The maximum Gasteiger partial charge on any atom is 0.323 e. The molecule has 0 aromatic heterocycles. The zero-order valence-electron chi connectivity index (χ0n) is 7.41. The van der Waals surface area contributed by atoms with E-state index in [0.717, 1.165) is 0 Å². The Morgan fingerprint density at radius 1 is 1.58 bits per heavy atom. The summed E-state index contributed by atoms with van der Waals surface area (Å²) in [5.41, 5.74) is 0. The molecule has 70 valence electrons. The quantitative estimate of drug-likeness (QED) is 0.621. The number of carboxylic acids is 1. The van der Waals surface area contributed by atoms with Gasteiger partial charge >= 0.3 is 5.97 Å². The lowest BCUT2D eigenvalue weighted by Gasteiger charge is -2.31. The van der Waals surface area contributed by atoms with Gasteiger partial charge in [-0.1, -0.05) is 13.8 Å². The highest BCUT2D eigenvalue weighted by molar-refractivity contribution is 5.73. The normalized spacial score (nSPS) is 30.6. The highest BCUT2D eigenvalue weighted by Gasteiger charge is 2.27. The van der Waals surface area contributed by atoms with E-state index in [0.29, 0.717) is 12.5 Å². The largest absolute Gasteiger partial charge is 0.480 e. The van der Waals surface area contributed by atoms with Gasteiger partial charge < -0.3 is 9.84 Å². The molecule has 4 heteroatoms. The number of morpholine rings is 1. The van der Waals surface area contributed by atoms with Crippen molar-refractivity contribution in [2.45, 2.75) is 25.9 Å². The number of carbonyl (C=O) groups is 1. The summed E-state index contributed by atoms with van der Waals surface area (Å²) in [6, 6.07) is -0.369. The number of hydrogen-bond donors (Lipinski definition) is 2. The first-order valence-corrected chi connectivity index (χ1v) is 4.18. The molecule has 0 saturated carbocycles. The molecule has 0 aliphatic carbocycles. The molecule has 12 heavy (non-hydrogen) atoms. The molecule has 4 nitrogen and oxygen atoms in total. The van der Waals surface area contributed by atoms with Gasteiger partial charge in [-0.25, -0.2) is 0 Å². The Morgan fingerprint density at radius 2 is 2.25 bits per heavy atom. The standard InChI is InChI=1S/C8H15NO3/c1-5(2)6-3-12-4-7(9-6)8(10)11/h5-7,9H,3-4H2,1-2H3,(H,10,11)/t6-,7?/m0/s1. The fourth-order valence-electron chi connectivity index (χ4n) is 1.19. The maximum atomic E-state index is 10.6. The molecule has 1 heterocycles. The smallest absolute Gasteiger partial charge is 0.323 e. The Labute approximate surface area is 71.9 Å². The first kappa shape index (κ1) is 9.48. The number of rotatable bonds is 2. The van der Waals surface area contributed by atoms with Gasteiger partial charge in [0, 0.05) is 6.04 Å². The van der Waals surface area contributed by atoms with E-state index in [1.54, 1.807) is 0 Å². The average Bonchev–Trinajstić information content (AvgIpc) is 2.04. The summed E-state index contributed by atoms with van der Waals surface area (Å²) in [5.74, 6) is -0.424. The Bertz CT molecular complexity index is 170. The van der Waals surface area contributed by atoms with Crippen LogP contribution >= 0.6 is 0 Å². The van der Waals surface area contributed by atoms with Crippen molar-refractivity contribution in [1.82, 2.24) is 5.32 Å². The number of ether oxygens (including phenoxy) is 1. The Balaban J connectivity index is 2.46. The lowest BCUT2D eigenvalue weighted by molar-refractivity contribution is -0.143. The van der Waals surface area contributed by atoms with Crippen LogP contribution in [0.3, 0.4) is 0 Å². The van der Waals surface area contributed by atoms with Gasteiger partial charge in [0.2, 0.25) is 0 Å². The fraction of sp³-hybridized carbons (Fsp3) is 0.875. The number of aliphatic carboxylic acids is 1. The Morgan fingerprint density at radius 3 is 2.75 bits per heavy atom. The highest BCUT2D eigenvalue weighted by atomic mass is 16.5. The molecule has 1 unspecified atom stereocenters. The minimum Gasteiger partial charge on any atom is -0.480 e. The summed E-state index contributed by atoms with van der Waals surface area (Å²) in [4.78, 5) is 10.6. The molecule has 1 aliphatic rings. The van der Waals surface area contributed by atoms with Gasteiger partial charge in [0.1, 0.15) is 6.04 Å². The maximum absolute atomic E-state index is 10.6. The third-order valence-electron chi connectivity index (χ3n) is 2.10. The van der Waals surface area contributed by atoms with E-state index in [4.69, 9.17) is 9.84 Å². The van der Waals surface area contributed by atoms with Crippen LogP contribution in [-0.4, -0.2) is 36.4 Å². The number of nitrogens with one attached hydrogen (secondary N) is 1. The fourth-order valence-corrected chi connectivity index (χ4v) is 1.19. The monoisotopic (exact) mass is 173 g/mol. The van der Waals surface area contributed by atoms with Crippen LogP contribution < -0.4 is 5.32 Å². The zero-order valence-corrected chi connectivity index (χ0v) is 7.41. The van der Waals surface area contributed by atoms with Crippen LogP contribution in [-0.2, 0) is 9.53 Å². The number of hydrogen-bond acceptors (Lipinski definition) is 3. The molecule has 0 aromatic carbocycles. The minimum atomic E-state index is -0.833. The molecule has 1 fully saturated rings. The van der Waals surface area contributed by atoms with E-state index >= 15 is 0 Å². The van der Waals surface area contributed by atoms with Crippen molar-refractivity contribution in [1.29, 1.82) is 0 Å². The zero-order chi connectivity index (χ0) is 9.14. The van der Waals surface area contributed by atoms with E-state index in [1.165, 1.54) is 0 Å². The lowest BCUT2D eigenvalue weighted by atomic mass is 10.0. The summed E-state index contributed by atoms with van der Waals surface area (Å²) in [6.45, 7) is 4.98. The SMILES string of the molecule is CC(C)[C@@H]1COCC(C(=O)O)N1. The minimum absolute atomic E-state index is 0.167. The Hall–Kier alpha value is -0.610. The first-order chi connectivity index (χ1) is 5.61. The van der Waals surface area contributed by atoms with Gasteiger partial charge in [0.15, 0.2) is 0 Å². The summed E-state index contributed by atoms with van der Waals surface area (Å²) in [7, 11) is 0. The molecule has 0 amide bonds. The van der Waals surface area contributed by atoms with Crippen LogP contribution in [0.1, 0.15) is 13.8 Å². The van der Waals surface area contributed by atoms with Crippen molar-refractivity contribution in [3.05, 3.63) is 0 Å². The van der Waals surface area contributed by atoms with E-state index in [9.17, 15) is 4.79 Å². The van der Waals surface area contributed by atoms with E-state index in [-0.39, 0.29) is 12.6 Å². The van der Waals surface area contributed by atoms with Crippen molar-refractivity contribution in [3.8, 4) is 0 Å². The third kappa shape index (κ3) is 2.19. The van der Waals surface area contributed by atoms with E-state index in [2.05, 4.69) is 5.32 Å². The molecule has 0 spiro atoms. The topological polar surface area (TPSA) is 58.6 Å². The van der Waals surface area contributed by atoms with Crippen molar-refractivity contribution >= 4 is 5.97 Å². The van der Waals surface area contributed by atoms with Gasteiger partial charge in [-0.05, 0) is 5.92 Å². The van der Waals surface area contributed by atoms with Gasteiger partial charge in [-0.15, -0.1) is 0 Å². The molecule has 0 aromatic rings. The summed E-state index contributed by atoms with van der Waals surface area (Å²) < 4.78 is 5.17. The van der Waals surface area contributed by atoms with Crippen LogP contribution in [0, 0.1) is 5.92 Å². The van der Waals surface area contributed by atoms with Crippen molar-refractivity contribution in [3.63, 3.8) is 0 Å². The second-order valence-corrected chi connectivity index (χ2v) is 3.45. The molecule has 1 rings (SSSR count). The molecule has 1 aliphatic heterocycles. The predicted molar refractivity (Wildman–Crippen MR) is 44.0 cm³/mol. The van der Waals surface area contributed by atoms with E-state index < -0.39 is 12.0 Å². The second kappa shape index (κ2) is 3.87. The van der Waals surface area contributed by atoms with Crippen LogP contribution in [0.15, 0.2) is 0 Å². The van der Waals surface area contributed by atoms with Gasteiger partial charge in [-0.3, -0.25) is 10.1 Å². The molecular formula is C8H15NO3. The van der Waals surface area contributed by atoms with Crippen LogP contribution in [0.2, 0.25) is 0 Å². The van der Waals surface area contributed by atoms with Crippen molar-refractivity contribution in [2.24, 2.45) is 5.92 Å². The molecule has 2 atom stereocenters. The first-order valence-electron chi connectivity index (χ1n) is 4.18. The average molecular weight is 173 g/mol. The summed E-state index contributed by atoms with van der Waals surface area (Å²) >= 11 is 0. The van der Waals surface area contributed by atoms with Crippen LogP contribution in [0.25, 0.3) is 0 Å². The van der Waals surface area contributed by atoms with Gasteiger partial charge in [0.25, 0.3) is 0 Å². The van der Waals surface area contributed by atoms with Crippen LogP contribution in [0.5, 0.6) is 0 Å². The molecule has 1 saturated heterocycles.